The Labute approximate surface area is 144 Å². The van der Waals surface area contributed by atoms with Crippen LogP contribution in [-0.2, 0) is 0 Å². The van der Waals surface area contributed by atoms with E-state index in [-0.39, 0.29) is 0 Å². The molecule has 1 aromatic heterocycles. The number of hydrogen-bond donors (Lipinski definition) is 0. The number of rotatable bonds is 5. The molecule has 0 aliphatic carbocycles. The second-order valence-electron chi connectivity index (χ2n) is 6.00. The third kappa shape index (κ3) is 3.48. The van der Waals surface area contributed by atoms with Gasteiger partial charge in [-0.1, -0.05) is 60.2 Å². The molecule has 3 rings (SSSR count). The van der Waals surface area contributed by atoms with E-state index in [1.165, 1.54) is 16.7 Å². The Morgan fingerprint density at radius 2 is 1.42 bits per heavy atom. The molecule has 2 nitrogen and oxygen atoms in total. The van der Waals surface area contributed by atoms with Crippen molar-refractivity contribution < 1.29 is 0 Å². The third-order valence-corrected chi connectivity index (χ3v) is 4.35. The maximum atomic E-state index is 4.93. The summed E-state index contributed by atoms with van der Waals surface area (Å²) in [7, 11) is 0. The second-order valence-corrected chi connectivity index (χ2v) is 6.00. The van der Waals surface area contributed by atoms with Crippen LogP contribution in [0.5, 0.6) is 0 Å². The van der Waals surface area contributed by atoms with Crippen LogP contribution in [0, 0.1) is 6.92 Å². The molecule has 0 saturated heterocycles. The Balaban J connectivity index is 2.14. The number of nitrogens with zero attached hydrogens (tertiary/aromatic N) is 2. The van der Waals surface area contributed by atoms with Gasteiger partial charge in [-0.15, -0.1) is 0 Å². The first kappa shape index (κ1) is 16.3. The van der Waals surface area contributed by atoms with Crippen LogP contribution in [0.3, 0.4) is 0 Å². The van der Waals surface area contributed by atoms with Crippen LogP contribution in [0.15, 0.2) is 66.7 Å². The van der Waals surface area contributed by atoms with E-state index in [0.717, 1.165) is 30.2 Å². The van der Waals surface area contributed by atoms with Crippen molar-refractivity contribution in [2.45, 2.75) is 20.8 Å². The average Bonchev–Trinajstić information content (AvgIpc) is 2.64. The fourth-order valence-corrected chi connectivity index (χ4v) is 2.90. The Kier molecular flexibility index (Phi) is 4.95. The zero-order valence-corrected chi connectivity index (χ0v) is 14.7. The lowest BCUT2D eigenvalue weighted by molar-refractivity contribution is 0.847. The van der Waals surface area contributed by atoms with Crippen LogP contribution < -0.4 is 4.90 Å². The summed E-state index contributed by atoms with van der Waals surface area (Å²) in [5.74, 6) is 1.04. The molecule has 0 fully saturated rings. The van der Waals surface area contributed by atoms with Gasteiger partial charge in [-0.3, -0.25) is 0 Å². The summed E-state index contributed by atoms with van der Waals surface area (Å²) in [6.07, 6.45) is 0. The highest BCUT2D eigenvalue weighted by Crippen LogP contribution is 2.29. The van der Waals surface area contributed by atoms with E-state index >= 15 is 0 Å². The van der Waals surface area contributed by atoms with Crippen LogP contribution in [0.4, 0.5) is 5.82 Å². The highest BCUT2D eigenvalue weighted by molar-refractivity contribution is 5.74. The highest BCUT2D eigenvalue weighted by atomic mass is 15.2. The standard InChI is InChI=1S/C22H24N2/c1-4-24(5-2)22-16-20(18-9-7-6-8-10-18)15-21(23-22)19-13-11-17(3)12-14-19/h6-16H,4-5H2,1-3H3. The van der Waals surface area contributed by atoms with Gasteiger partial charge < -0.3 is 4.90 Å². The fraction of sp³-hybridized carbons (Fsp3) is 0.227. The first-order valence-electron chi connectivity index (χ1n) is 8.60. The smallest absolute Gasteiger partial charge is 0.129 e. The molecular formula is C22H24N2. The predicted molar refractivity (Wildman–Crippen MR) is 103 cm³/mol. The Bertz CT molecular complexity index is 788. The number of aromatic nitrogens is 1. The normalized spacial score (nSPS) is 10.6. The van der Waals surface area contributed by atoms with E-state index in [0.29, 0.717) is 0 Å². The highest BCUT2D eigenvalue weighted by Gasteiger charge is 2.10. The van der Waals surface area contributed by atoms with Crippen LogP contribution in [-0.4, -0.2) is 18.1 Å². The molecule has 0 saturated carbocycles. The van der Waals surface area contributed by atoms with Crippen molar-refractivity contribution in [1.29, 1.82) is 0 Å². The van der Waals surface area contributed by atoms with Crippen molar-refractivity contribution in [2.75, 3.05) is 18.0 Å². The van der Waals surface area contributed by atoms with Gasteiger partial charge in [0.1, 0.15) is 5.82 Å². The van der Waals surface area contributed by atoms with E-state index in [1.807, 2.05) is 0 Å². The average molecular weight is 316 g/mol. The molecule has 1 heterocycles. The van der Waals surface area contributed by atoms with E-state index < -0.39 is 0 Å². The molecule has 0 unspecified atom stereocenters. The molecule has 0 radical (unpaired) electrons. The predicted octanol–water partition coefficient (Wildman–Crippen LogP) is 5.57. The summed E-state index contributed by atoms with van der Waals surface area (Å²) in [5, 5.41) is 0. The second kappa shape index (κ2) is 7.31. The topological polar surface area (TPSA) is 16.1 Å². The van der Waals surface area contributed by atoms with Gasteiger partial charge in [-0.25, -0.2) is 4.98 Å². The van der Waals surface area contributed by atoms with Crippen molar-refractivity contribution in [1.82, 2.24) is 4.98 Å². The summed E-state index contributed by atoms with van der Waals surface area (Å²) < 4.78 is 0. The van der Waals surface area contributed by atoms with Gasteiger partial charge in [0, 0.05) is 18.7 Å². The maximum Gasteiger partial charge on any atom is 0.129 e. The minimum atomic E-state index is 0.953. The van der Waals surface area contributed by atoms with Crippen molar-refractivity contribution in [3.8, 4) is 22.4 Å². The molecule has 0 aliphatic rings. The van der Waals surface area contributed by atoms with Gasteiger partial charge in [0.25, 0.3) is 0 Å². The molecule has 2 heteroatoms. The lowest BCUT2D eigenvalue weighted by Gasteiger charge is -2.21. The molecule has 0 amide bonds. The van der Waals surface area contributed by atoms with Crippen LogP contribution in [0.2, 0.25) is 0 Å². The zero-order chi connectivity index (χ0) is 16.9. The van der Waals surface area contributed by atoms with Crippen molar-refractivity contribution in [3.63, 3.8) is 0 Å². The molecule has 0 atom stereocenters. The van der Waals surface area contributed by atoms with Gasteiger partial charge in [0.15, 0.2) is 0 Å². The maximum absolute atomic E-state index is 4.93. The lowest BCUT2D eigenvalue weighted by Crippen LogP contribution is -2.23. The first-order valence-corrected chi connectivity index (χ1v) is 8.60. The Hall–Kier alpha value is -2.61. The van der Waals surface area contributed by atoms with Crippen molar-refractivity contribution in [2.24, 2.45) is 0 Å². The first-order chi connectivity index (χ1) is 11.7. The van der Waals surface area contributed by atoms with E-state index in [4.69, 9.17) is 4.98 Å². The number of hydrogen-bond acceptors (Lipinski definition) is 2. The molecular weight excluding hydrogens is 292 g/mol. The van der Waals surface area contributed by atoms with Gasteiger partial charge in [0.2, 0.25) is 0 Å². The zero-order valence-electron chi connectivity index (χ0n) is 14.7. The van der Waals surface area contributed by atoms with Crippen LogP contribution >= 0.6 is 0 Å². The summed E-state index contributed by atoms with van der Waals surface area (Å²) in [6.45, 7) is 8.36. The lowest BCUT2D eigenvalue weighted by atomic mass is 10.0. The summed E-state index contributed by atoms with van der Waals surface area (Å²) in [6, 6.07) is 23.5. The Morgan fingerprint density at radius 3 is 2.04 bits per heavy atom. The molecule has 0 aliphatic heterocycles. The third-order valence-electron chi connectivity index (χ3n) is 4.35. The van der Waals surface area contributed by atoms with Crippen LogP contribution in [0.25, 0.3) is 22.4 Å². The summed E-state index contributed by atoms with van der Waals surface area (Å²) in [5.41, 5.74) is 5.89. The van der Waals surface area contributed by atoms with Crippen molar-refractivity contribution >= 4 is 5.82 Å². The summed E-state index contributed by atoms with van der Waals surface area (Å²) in [4.78, 5) is 7.22. The monoisotopic (exact) mass is 316 g/mol. The van der Waals surface area contributed by atoms with Gasteiger partial charge in [-0.05, 0) is 44.0 Å². The number of anilines is 1. The number of pyridine rings is 1. The van der Waals surface area contributed by atoms with Gasteiger partial charge in [0.05, 0.1) is 5.69 Å². The molecule has 3 aromatic rings. The number of benzene rings is 2. The molecule has 122 valence electrons. The van der Waals surface area contributed by atoms with Gasteiger partial charge >= 0.3 is 0 Å². The summed E-state index contributed by atoms with van der Waals surface area (Å²) >= 11 is 0. The largest absolute Gasteiger partial charge is 0.357 e. The molecule has 0 bridgehead atoms. The van der Waals surface area contributed by atoms with Gasteiger partial charge in [-0.2, -0.15) is 0 Å². The quantitative estimate of drug-likeness (QED) is 0.611. The minimum Gasteiger partial charge on any atom is -0.357 e. The molecule has 0 spiro atoms. The SMILES string of the molecule is CCN(CC)c1cc(-c2ccccc2)cc(-c2ccc(C)cc2)n1. The molecule has 2 aromatic carbocycles. The number of aryl methyl sites for hydroxylation is 1. The van der Waals surface area contributed by atoms with E-state index in [1.54, 1.807) is 0 Å². The van der Waals surface area contributed by atoms with Crippen molar-refractivity contribution in [3.05, 3.63) is 72.3 Å². The van der Waals surface area contributed by atoms with E-state index in [2.05, 4.69) is 92.4 Å². The minimum absolute atomic E-state index is 0.953. The van der Waals surface area contributed by atoms with Crippen LogP contribution in [0.1, 0.15) is 19.4 Å². The fourth-order valence-electron chi connectivity index (χ4n) is 2.90. The Morgan fingerprint density at radius 1 is 0.750 bits per heavy atom. The molecule has 0 N–H and O–H groups in total. The van der Waals surface area contributed by atoms with E-state index in [9.17, 15) is 0 Å². The molecule has 24 heavy (non-hydrogen) atoms.